The number of aromatic nitrogens is 2. The highest BCUT2D eigenvalue weighted by atomic mass is 16.4. The molecule has 0 saturated heterocycles. The quantitative estimate of drug-likeness (QED) is 0.754. The largest absolute Gasteiger partial charge is 0.481 e. The number of unbranched alkanes of at least 4 members (excludes halogenated alkanes) is 1. The van der Waals surface area contributed by atoms with E-state index in [1.165, 1.54) is 24.1 Å². The molecule has 1 aromatic heterocycles. The van der Waals surface area contributed by atoms with Crippen LogP contribution in [0.4, 0.5) is 5.82 Å². The molecule has 0 bridgehead atoms. The van der Waals surface area contributed by atoms with E-state index in [2.05, 4.69) is 15.3 Å². The van der Waals surface area contributed by atoms with E-state index < -0.39 is 5.97 Å². The van der Waals surface area contributed by atoms with Crippen molar-refractivity contribution in [3.05, 3.63) is 17.6 Å². The molecule has 1 aromatic rings. The van der Waals surface area contributed by atoms with Crippen LogP contribution in [-0.4, -0.2) is 27.6 Å². The molecule has 0 aliphatic heterocycles. The maximum absolute atomic E-state index is 10.4. The van der Waals surface area contributed by atoms with Crippen molar-refractivity contribution in [3.8, 4) is 0 Å². The zero-order valence-corrected chi connectivity index (χ0v) is 10.5. The molecule has 1 aliphatic carbocycles. The highest BCUT2D eigenvalue weighted by molar-refractivity contribution is 5.66. The second-order valence-electron chi connectivity index (χ2n) is 4.63. The Balaban J connectivity index is 1.84. The van der Waals surface area contributed by atoms with Crippen LogP contribution in [0.5, 0.6) is 0 Å². The van der Waals surface area contributed by atoms with Gasteiger partial charge in [-0.05, 0) is 38.5 Å². The molecule has 2 N–H and O–H groups in total. The average Bonchev–Trinajstić information content (AvgIpc) is 2.38. The molecule has 0 spiro atoms. The minimum Gasteiger partial charge on any atom is -0.481 e. The standard InChI is InChI=1S/C13H19N3O2/c17-12(18)7-3-4-8-14-13-10-5-1-2-6-11(10)15-9-16-13/h9H,1-8H2,(H,17,18)(H,14,15,16). The number of carboxylic acids is 1. The van der Waals surface area contributed by atoms with Gasteiger partial charge in [-0.2, -0.15) is 0 Å². The summed E-state index contributed by atoms with van der Waals surface area (Å²) < 4.78 is 0. The molecule has 18 heavy (non-hydrogen) atoms. The van der Waals surface area contributed by atoms with Gasteiger partial charge in [0.15, 0.2) is 0 Å². The Kier molecular flexibility index (Phi) is 4.50. The van der Waals surface area contributed by atoms with Crippen LogP contribution in [0.2, 0.25) is 0 Å². The molecule has 0 fully saturated rings. The number of aliphatic carboxylic acids is 1. The molecule has 0 unspecified atom stereocenters. The van der Waals surface area contributed by atoms with E-state index in [0.717, 1.165) is 31.6 Å². The maximum Gasteiger partial charge on any atom is 0.303 e. The van der Waals surface area contributed by atoms with Crippen LogP contribution in [0.3, 0.4) is 0 Å². The zero-order valence-electron chi connectivity index (χ0n) is 10.5. The third-order valence-corrected chi connectivity index (χ3v) is 3.23. The first-order chi connectivity index (χ1) is 8.77. The second-order valence-corrected chi connectivity index (χ2v) is 4.63. The number of nitrogens with one attached hydrogen (secondary N) is 1. The average molecular weight is 249 g/mol. The molecule has 1 aliphatic rings. The monoisotopic (exact) mass is 249 g/mol. The Morgan fingerprint density at radius 2 is 2.11 bits per heavy atom. The summed E-state index contributed by atoms with van der Waals surface area (Å²) in [5.41, 5.74) is 2.42. The Hall–Kier alpha value is -1.65. The van der Waals surface area contributed by atoms with E-state index in [-0.39, 0.29) is 6.42 Å². The van der Waals surface area contributed by atoms with E-state index in [1.807, 2.05) is 0 Å². The third-order valence-electron chi connectivity index (χ3n) is 3.23. The van der Waals surface area contributed by atoms with Gasteiger partial charge < -0.3 is 10.4 Å². The first-order valence-electron chi connectivity index (χ1n) is 6.56. The number of fused-ring (bicyclic) bond motifs is 1. The lowest BCUT2D eigenvalue weighted by atomic mass is 9.96. The molecule has 5 nitrogen and oxygen atoms in total. The maximum atomic E-state index is 10.4. The van der Waals surface area contributed by atoms with Gasteiger partial charge in [0.25, 0.3) is 0 Å². The summed E-state index contributed by atoms with van der Waals surface area (Å²) in [5, 5.41) is 11.8. The number of nitrogens with zero attached hydrogens (tertiary/aromatic N) is 2. The van der Waals surface area contributed by atoms with Gasteiger partial charge in [-0.25, -0.2) is 9.97 Å². The third kappa shape index (κ3) is 3.42. The number of aryl methyl sites for hydroxylation is 1. The topological polar surface area (TPSA) is 75.1 Å². The summed E-state index contributed by atoms with van der Waals surface area (Å²) in [7, 11) is 0. The van der Waals surface area contributed by atoms with Crippen molar-refractivity contribution in [3.63, 3.8) is 0 Å². The van der Waals surface area contributed by atoms with Crippen molar-refractivity contribution in [2.75, 3.05) is 11.9 Å². The van der Waals surface area contributed by atoms with Crippen molar-refractivity contribution in [2.45, 2.75) is 44.9 Å². The number of anilines is 1. The van der Waals surface area contributed by atoms with Crippen LogP contribution in [0, 0.1) is 0 Å². The summed E-state index contributed by atoms with van der Waals surface area (Å²) in [6, 6.07) is 0. The van der Waals surface area contributed by atoms with Gasteiger partial charge in [0.05, 0.1) is 0 Å². The fraction of sp³-hybridized carbons (Fsp3) is 0.615. The van der Waals surface area contributed by atoms with Gasteiger partial charge >= 0.3 is 5.97 Å². The Labute approximate surface area is 107 Å². The Morgan fingerprint density at radius 3 is 2.94 bits per heavy atom. The van der Waals surface area contributed by atoms with Gasteiger partial charge in [-0.3, -0.25) is 4.79 Å². The van der Waals surface area contributed by atoms with E-state index in [4.69, 9.17) is 5.11 Å². The molecule has 98 valence electrons. The zero-order chi connectivity index (χ0) is 12.8. The molecule has 0 radical (unpaired) electrons. The molecule has 1 heterocycles. The van der Waals surface area contributed by atoms with Gasteiger partial charge in [0, 0.05) is 24.2 Å². The predicted octanol–water partition coefficient (Wildman–Crippen LogP) is 2.02. The lowest BCUT2D eigenvalue weighted by Crippen LogP contribution is -2.13. The molecule has 0 saturated carbocycles. The minimum atomic E-state index is -0.727. The summed E-state index contributed by atoms with van der Waals surface area (Å²) in [5.74, 6) is 0.212. The number of hydrogen-bond donors (Lipinski definition) is 2. The van der Waals surface area contributed by atoms with Crippen LogP contribution < -0.4 is 5.32 Å². The highest BCUT2D eigenvalue weighted by Crippen LogP contribution is 2.24. The van der Waals surface area contributed by atoms with E-state index in [1.54, 1.807) is 6.33 Å². The number of rotatable bonds is 6. The smallest absolute Gasteiger partial charge is 0.303 e. The van der Waals surface area contributed by atoms with Crippen molar-refractivity contribution >= 4 is 11.8 Å². The normalized spacial score (nSPS) is 14.0. The van der Waals surface area contributed by atoms with Crippen LogP contribution >= 0.6 is 0 Å². The van der Waals surface area contributed by atoms with Crippen LogP contribution in [0.25, 0.3) is 0 Å². The molecular weight excluding hydrogens is 230 g/mol. The lowest BCUT2D eigenvalue weighted by molar-refractivity contribution is -0.137. The van der Waals surface area contributed by atoms with Gasteiger partial charge in [-0.15, -0.1) is 0 Å². The molecule has 0 atom stereocenters. The van der Waals surface area contributed by atoms with Gasteiger partial charge in [-0.1, -0.05) is 0 Å². The molecule has 5 heteroatoms. The van der Waals surface area contributed by atoms with Crippen LogP contribution in [-0.2, 0) is 17.6 Å². The predicted molar refractivity (Wildman–Crippen MR) is 68.7 cm³/mol. The fourth-order valence-corrected chi connectivity index (χ4v) is 2.28. The van der Waals surface area contributed by atoms with Gasteiger partial charge in [0.1, 0.15) is 12.1 Å². The van der Waals surface area contributed by atoms with E-state index in [0.29, 0.717) is 6.42 Å². The van der Waals surface area contributed by atoms with E-state index >= 15 is 0 Å². The molecule has 2 rings (SSSR count). The number of hydrogen-bond acceptors (Lipinski definition) is 4. The summed E-state index contributed by atoms with van der Waals surface area (Å²) in [6.07, 6.45) is 7.92. The number of carbonyl (C=O) groups is 1. The Morgan fingerprint density at radius 1 is 1.28 bits per heavy atom. The Bertz CT molecular complexity index is 421. The first-order valence-corrected chi connectivity index (χ1v) is 6.56. The molecule has 0 amide bonds. The fourth-order valence-electron chi connectivity index (χ4n) is 2.28. The SMILES string of the molecule is O=C(O)CCCCNc1ncnc2c1CCCC2. The number of carboxylic acid groups (broad SMARTS) is 1. The van der Waals surface area contributed by atoms with Crippen LogP contribution in [0.15, 0.2) is 6.33 Å². The highest BCUT2D eigenvalue weighted by Gasteiger charge is 2.14. The summed E-state index contributed by atoms with van der Waals surface area (Å²) in [4.78, 5) is 19.0. The molecular formula is C13H19N3O2. The first kappa shape index (κ1) is 12.8. The molecule has 0 aromatic carbocycles. The summed E-state index contributed by atoms with van der Waals surface area (Å²) in [6.45, 7) is 0.775. The van der Waals surface area contributed by atoms with Crippen molar-refractivity contribution in [1.82, 2.24) is 9.97 Å². The van der Waals surface area contributed by atoms with Gasteiger partial charge in [0.2, 0.25) is 0 Å². The second kappa shape index (κ2) is 6.33. The van der Waals surface area contributed by atoms with Crippen molar-refractivity contribution in [2.24, 2.45) is 0 Å². The van der Waals surface area contributed by atoms with Crippen LogP contribution in [0.1, 0.15) is 43.4 Å². The van der Waals surface area contributed by atoms with E-state index in [9.17, 15) is 4.79 Å². The lowest BCUT2D eigenvalue weighted by Gasteiger charge is -2.17. The van der Waals surface area contributed by atoms with Crippen molar-refractivity contribution < 1.29 is 9.90 Å². The summed E-state index contributed by atoms with van der Waals surface area (Å²) >= 11 is 0. The minimum absolute atomic E-state index is 0.240. The van der Waals surface area contributed by atoms with Crippen molar-refractivity contribution in [1.29, 1.82) is 0 Å².